The monoisotopic (exact) mass is 319 g/mol. The molecule has 0 radical (unpaired) electrons. The number of aliphatic hydroxyl groups excluding tert-OH is 1. The van der Waals surface area contributed by atoms with E-state index in [9.17, 15) is 9.59 Å². The number of carboxylic acids is 1. The molecule has 0 unspecified atom stereocenters. The Hall–Kier alpha value is -1.70. The van der Waals surface area contributed by atoms with Gasteiger partial charge in [0.1, 0.15) is 6.61 Å². The Morgan fingerprint density at radius 3 is 1.95 bits per heavy atom. The highest BCUT2D eigenvalue weighted by Crippen LogP contribution is 1.88. The van der Waals surface area contributed by atoms with Crippen LogP contribution in [-0.2, 0) is 14.3 Å². The second-order valence-electron chi connectivity index (χ2n) is 4.53. The van der Waals surface area contributed by atoms with Crippen LogP contribution in [0.2, 0.25) is 0 Å². The number of hydrogen-bond donors (Lipinski definition) is 3. The summed E-state index contributed by atoms with van der Waals surface area (Å²) >= 11 is 0. The van der Waals surface area contributed by atoms with E-state index in [4.69, 9.17) is 20.1 Å². The summed E-state index contributed by atoms with van der Waals surface area (Å²) < 4.78 is 4.70. The van der Waals surface area contributed by atoms with Crippen molar-refractivity contribution in [2.75, 3.05) is 27.2 Å². The van der Waals surface area contributed by atoms with Crippen molar-refractivity contribution >= 4 is 11.9 Å². The van der Waals surface area contributed by atoms with Gasteiger partial charge in [0.2, 0.25) is 0 Å². The van der Waals surface area contributed by atoms with E-state index in [2.05, 4.69) is 13.2 Å². The normalized spacial score (nSPS) is 9.09. The van der Waals surface area contributed by atoms with Crippen LogP contribution in [-0.4, -0.2) is 65.7 Å². The van der Waals surface area contributed by atoms with Gasteiger partial charge in [-0.2, -0.15) is 0 Å². The maximum absolute atomic E-state index is 10.4. The first-order chi connectivity index (χ1) is 10.1. The van der Waals surface area contributed by atoms with E-state index in [1.54, 1.807) is 0 Å². The van der Waals surface area contributed by atoms with Crippen molar-refractivity contribution in [1.82, 2.24) is 4.90 Å². The molecule has 0 aromatic carbocycles. The number of likely N-dealkylation sites (N-methyl/N-ethyl adjacent to an activating group) is 1. The molecule has 22 heavy (non-hydrogen) atoms. The lowest BCUT2D eigenvalue weighted by molar-refractivity contribution is -0.138. The summed E-state index contributed by atoms with van der Waals surface area (Å²) in [6.07, 6.45) is 1.38. The molecule has 130 valence electrons. The number of carbonyl (C=O) groups excluding carboxylic acids is 1. The lowest BCUT2D eigenvalue weighted by Gasteiger charge is -2.07. The van der Waals surface area contributed by atoms with Gasteiger partial charge in [0.15, 0.2) is 6.29 Å². The lowest BCUT2D eigenvalue weighted by atomic mass is 10.3. The lowest BCUT2D eigenvalue weighted by Crippen LogP contribution is -2.19. The largest absolute Gasteiger partial charge is 0.478 e. The van der Waals surface area contributed by atoms with Crippen LogP contribution in [0.4, 0.5) is 0 Å². The van der Waals surface area contributed by atoms with Crippen molar-refractivity contribution in [1.29, 1.82) is 0 Å². The van der Waals surface area contributed by atoms with Crippen LogP contribution < -0.4 is 0 Å². The van der Waals surface area contributed by atoms with Crippen LogP contribution in [0, 0.1) is 0 Å². The van der Waals surface area contributed by atoms with Gasteiger partial charge in [0.25, 0.3) is 0 Å². The zero-order chi connectivity index (χ0) is 18.1. The number of esters is 1. The summed E-state index contributed by atoms with van der Waals surface area (Å²) in [6, 6.07) is 0. The van der Waals surface area contributed by atoms with E-state index in [1.807, 2.05) is 25.9 Å². The van der Waals surface area contributed by atoms with Crippen LogP contribution in [0.25, 0.3) is 0 Å². The molecule has 0 aliphatic carbocycles. The topological polar surface area (TPSA) is 107 Å². The first-order valence-electron chi connectivity index (χ1n) is 6.77. The third-order valence-corrected chi connectivity index (χ3v) is 1.86. The van der Waals surface area contributed by atoms with Gasteiger partial charge < -0.3 is 25.0 Å². The molecule has 3 N–H and O–H groups in total. The van der Waals surface area contributed by atoms with Crippen LogP contribution in [0.5, 0.6) is 0 Å². The van der Waals surface area contributed by atoms with Crippen molar-refractivity contribution in [3.05, 3.63) is 24.8 Å². The second-order valence-corrected chi connectivity index (χ2v) is 4.53. The molecular formula is C15H29NO6. The minimum atomic E-state index is -1.10. The Morgan fingerprint density at radius 1 is 1.32 bits per heavy atom. The van der Waals surface area contributed by atoms with Gasteiger partial charge in [0.05, 0.1) is 0 Å². The predicted octanol–water partition coefficient (Wildman–Crippen LogP) is 1.02. The molecule has 0 bridgehead atoms. The van der Waals surface area contributed by atoms with Gasteiger partial charge in [-0.15, -0.1) is 0 Å². The van der Waals surface area contributed by atoms with Crippen LogP contribution >= 0.6 is 0 Å². The molecule has 0 rings (SSSR count). The Balaban J connectivity index is -0.000000261. The van der Waals surface area contributed by atoms with Gasteiger partial charge in [-0.3, -0.25) is 0 Å². The second kappa shape index (κ2) is 17.4. The molecule has 0 aliphatic rings. The number of hydrogen-bond acceptors (Lipinski definition) is 6. The fraction of sp³-hybridized carbons (Fsp3) is 0.600. The summed E-state index contributed by atoms with van der Waals surface area (Å²) in [6.45, 7) is 11.0. The Labute approximate surface area is 132 Å². The Bertz CT molecular complexity index is 314. The fourth-order valence-corrected chi connectivity index (χ4v) is 0.646. The number of rotatable bonds is 7. The minimum absolute atomic E-state index is 0.176. The van der Waals surface area contributed by atoms with E-state index in [0.717, 1.165) is 19.0 Å². The van der Waals surface area contributed by atoms with Crippen LogP contribution in [0.1, 0.15) is 26.7 Å². The summed E-state index contributed by atoms with van der Waals surface area (Å²) in [5.74, 6) is -1.29. The molecule has 7 nitrogen and oxygen atoms in total. The van der Waals surface area contributed by atoms with Crippen molar-refractivity contribution in [2.45, 2.75) is 33.0 Å². The summed E-state index contributed by atoms with van der Waals surface area (Å²) in [4.78, 5) is 22.0. The van der Waals surface area contributed by atoms with Gasteiger partial charge in [-0.25, -0.2) is 9.59 Å². The van der Waals surface area contributed by atoms with Crippen LogP contribution in [0.3, 0.4) is 0 Å². The Morgan fingerprint density at radius 2 is 1.77 bits per heavy atom. The molecule has 0 aliphatic heterocycles. The zero-order valence-electron chi connectivity index (χ0n) is 13.9. The zero-order valence-corrected chi connectivity index (χ0v) is 13.9. The van der Waals surface area contributed by atoms with E-state index >= 15 is 0 Å². The molecule has 0 amide bonds. The van der Waals surface area contributed by atoms with E-state index < -0.39 is 12.3 Å². The molecule has 7 heteroatoms. The third-order valence-electron chi connectivity index (χ3n) is 1.86. The number of carbonyl (C=O) groups is 2. The van der Waals surface area contributed by atoms with Gasteiger partial charge >= 0.3 is 11.9 Å². The van der Waals surface area contributed by atoms with E-state index in [0.29, 0.717) is 13.0 Å². The highest BCUT2D eigenvalue weighted by Gasteiger charge is 1.94. The quantitative estimate of drug-likeness (QED) is 0.365. The number of carboxylic acid groups (broad SMARTS) is 1. The van der Waals surface area contributed by atoms with Gasteiger partial charge in [-0.1, -0.05) is 26.5 Å². The maximum atomic E-state index is 10.4. The van der Waals surface area contributed by atoms with E-state index in [-0.39, 0.29) is 11.5 Å². The van der Waals surface area contributed by atoms with Crippen molar-refractivity contribution in [2.24, 2.45) is 0 Å². The number of aliphatic hydroxyl groups is 2. The van der Waals surface area contributed by atoms with Crippen molar-refractivity contribution in [3.8, 4) is 0 Å². The highest BCUT2D eigenvalue weighted by atomic mass is 16.5. The molecule has 0 saturated carbocycles. The third kappa shape index (κ3) is 31.0. The Kier molecular flexibility index (Phi) is 19.9. The van der Waals surface area contributed by atoms with E-state index in [1.165, 1.54) is 6.92 Å². The molecule has 0 aromatic rings. The van der Waals surface area contributed by atoms with Gasteiger partial charge in [0, 0.05) is 18.2 Å². The number of ether oxygens (including phenoxy) is 1. The SMILES string of the molecule is C=C(C)C(=O)O.C=CC(=O)OCCN(C)C.CCCC(O)O. The highest BCUT2D eigenvalue weighted by molar-refractivity contribution is 5.84. The maximum Gasteiger partial charge on any atom is 0.330 e. The molecule has 0 fully saturated rings. The smallest absolute Gasteiger partial charge is 0.330 e. The molecule has 0 atom stereocenters. The summed E-state index contributed by atoms with van der Waals surface area (Å²) in [5, 5.41) is 24.1. The minimum Gasteiger partial charge on any atom is -0.478 e. The average Bonchev–Trinajstić information content (AvgIpc) is 2.39. The van der Waals surface area contributed by atoms with Gasteiger partial charge in [-0.05, 0) is 27.4 Å². The summed E-state index contributed by atoms with van der Waals surface area (Å²) in [5.41, 5.74) is 0.176. The summed E-state index contributed by atoms with van der Waals surface area (Å²) in [7, 11) is 3.84. The first kappa shape index (κ1) is 25.3. The fourth-order valence-electron chi connectivity index (χ4n) is 0.646. The first-order valence-corrected chi connectivity index (χ1v) is 6.77. The number of nitrogens with zero attached hydrogens (tertiary/aromatic N) is 1. The molecule has 0 saturated heterocycles. The molecular weight excluding hydrogens is 290 g/mol. The average molecular weight is 319 g/mol. The van der Waals surface area contributed by atoms with Crippen molar-refractivity contribution in [3.63, 3.8) is 0 Å². The molecule has 0 heterocycles. The molecule has 0 spiro atoms. The molecule has 0 aromatic heterocycles. The standard InChI is InChI=1S/C7H13NO2.C4H6O2.C4H10O2/c1-4-7(9)10-6-5-8(2)3;1-3(2)4(5)6;1-2-3-4(5)6/h4H,1,5-6H2,2-3H3;1H2,2H3,(H,5,6);4-6H,2-3H2,1H3. The number of aliphatic carboxylic acids is 1. The van der Waals surface area contributed by atoms with Crippen LogP contribution in [0.15, 0.2) is 24.8 Å². The van der Waals surface area contributed by atoms with Crippen molar-refractivity contribution < 1.29 is 29.6 Å². The predicted molar refractivity (Wildman–Crippen MR) is 85.3 cm³/mol.